The molecule has 0 spiro atoms. The predicted octanol–water partition coefficient (Wildman–Crippen LogP) is 4.62. The summed E-state index contributed by atoms with van der Waals surface area (Å²) in [5.41, 5.74) is 0.858. The molecule has 0 fully saturated rings. The Bertz CT molecular complexity index is 816. The largest absolute Gasteiger partial charge is 0.461 e. The number of ketones is 1. The van der Waals surface area contributed by atoms with E-state index in [0.717, 1.165) is 0 Å². The van der Waals surface area contributed by atoms with Crippen LogP contribution >= 0.6 is 0 Å². The summed E-state index contributed by atoms with van der Waals surface area (Å²) in [5.74, 6) is 1.96. The van der Waals surface area contributed by atoms with E-state index in [1.54, 1.807) is 48.9 Å². The van der Waals surface area contributed by atoms with Crippen LogP contribution < -0.4 is 0 Å². The maximum atomic E-state index is 12.4. The van der Waals surface area contributed by atoms with Crippen molar-refractivity contribution >= 4 is 5.78 Å². The first-order valence-corrected chi connectivity index (χ1v) is 6.61. The van der Waals surface area contributed by atoms with Crippen LogP contribution in [-0.2, 0) is 0 Å². The first kappa shape index (κ1) is 12.5. The van der Waals surface area contributed by atoms with Crippen molar-refractivity contribution < 1.29 is 22.5 Å². The molecule has 4 rings (SSSR count). The molecule has 0 saturated carbocycles. The first-order valence-electron chi connectivity index (χ1n) is 6.61. The highest BCUT2D eigenvalue weighted by atomic mass is 16.4. The van der Waals surface area contributed by atoms with Gasteiger partial charge in [0.2, 0.25) is 0 Å². The Labute approximate surface area is 124 Å². The predicted molar refractivity (Wildman–Crippen MR) is 76.3 cm³/mol. The summed E-state index contributed by atoms with van der Waals surface area (Å²) in [5, 5.41) is 0. The van der Waals surface area contributed by atoms with E-state index in [1.807, 2.05) is 0 Å². The van der Waals surface area contributed by atoms with Gasteiger partial charge in [0.15, 0.2) is 28.8 Å². The molecule has 5 heteroatoms. The zero-order valence-corrected chi connectivity index (χ0v) is 11.3. The summed E-state index contributed by atoms with van der Waals surface area (Å²) >= 11 is 0. The van der Waals surface area contributed by atoms with Gasteiger partial charge in [-0.3, -0.25) is 4.79 Å². The third-order valence-corrected chi connectivity index (χ3v) is 3.25. The monoisotopic (exact) mass is 294 g/mol. The number of hydrogen-bond donors (Lipinski definition) is 0. The second-order valence-electron chi connectivity index (χ2n) is 4.68. The van der Waals surface area contributed by atoms with E-state index < -0.39 is 0 Å². The molecule has 0 aliphatic carbocycles. The second-order valence-corrected chi connectivity index (χ2v) is 4.68. The SMILES string of the molecule is O=C(c1coc(-c2ccco2)c1)c1coc(-c2ccco2)c1. The molecule has 0 unspecified atom stereocenters. The molecule has 0 N–H and O–H groups in total. The summed E-state index contributed by atoms with van der Waals surface area (Å²) < 4.78 is 21.2. The van der Waals surface area contributed by atoms with Crippen LogP contribution in [0.25, 0.3) is 23.0 Å². The van der Waals surface area contributed by atoms with Gasteiger partial charge >= 0.3 is 0 Å². The van der Waals surface area contributed by atoms with Gasteiger partial charge in [0, 0.05) is 0 Å². The smallest absolute Gasteiger partial charge is 0.199 e. The molecule has 4 aromatic rings. The van der Waals surface area contributed by atoms with Crippen molar-refractivity contribution in [3.63, 3.8) is 0 Å². The van der Waals surface area contributed by atoms with Crippen molar-refractivity contribution in [1.82, 2.24) is 0 Å². The van der Waals surface area contributed by atoms with Crippen molar-refractivity contribution in [2.24, 2.45) is 0 Å². The standard InChI is InChI=1S/C17H10O5/c18-17(11-7-15(21-9-11)13-3-1-5-19-13)12-8-16(22-10-12)14-4-2-6-20-14/h1-10H. The van der Waals surface area contributed by atoms with Gasteiger partial charge in [0.1, 0.15) is 12.5 Å². The number of furan rings is 4. The van der Waals surface area contributed by atoms with Crippen LogP contribution in [-0.4, -0.2) is 5.78 Å². The van der Waals surface area contributed by atoms with Crippen molar-refractivity contribution in [3.05, 3.63) is 72.6 Å². The average molecular weight is 294 g/mol. The minimum Gasteiger partial charge on any atom is -0.461 e. The molecule has 0 saturated heterocycles. The zero-order chi connectivity index (χ0) is 14.9. The fraction of sp³-hybridized carbons (Fsp3) is 0. The molecule has 0 aromatic carbocycles. The maximum absolute atomic E-state index is 12.4. The molecule has 0 aliphatic heterocycles. The Morgan fingerprint density at radius 3 is 1.59 bits per heavy atom. The van der Waals surface area contributed by atoms with Gasteiger partial charge in [0.05, 0.1) is 23.7 Å². The van der Waals surface area contributed by atoms with E-state index in [4.69, 9.17) is 17.7 Å². The fourth-order valence-corrected chi connectivity index (χ4v) is 2.17. The summed E-state index contributed by atoms with van der Waals surface area (Å²) in [6, 6.07) is 10.3. The highest BCUT2D eigenvalue weighted by molar-refractivity contribution is 6.09. The highest BCUT2D eigenvalue weighted by Gasteiger charge is 2.18. The second kappa shape index (κ2) is 4.96. The van der Waals surface area contributed by atoms with Gasteiger partial charge in [-0.15, -0.1) is 0 Å². The van der Waals surface area contributed by atoms with Crippen molar-refractivity contribution in [2.75, 3.05) is 0 Å². The van der Waals surface area contributed by atoms with Crippen LogP contribution in [0.3, 0.4) is 0 Å². The normalized spacial score (nSPS) is 10.9. The Balaban J connectivity index is 1.62. The van der Waals surface area contributed by atoms with E-state index >= 15 is 0 Å². The molecule has 4 aromatic heterocycles. The molecule has 0 amide bonds. The summed E-state index contributed by atoms with van der Waals surface area (Å²) in [4.78, 5) is 12.4. The van der Waals surface area contributed by atoms with Crippen molar-refractivity contribution in [1.29, 1.82) is 0 Å². The number of carbonyl (C=O) groups excluding carboxylic acids is 1. The van der Waals surface area contributed by atoms with Gasteiger partial charge < -0.3 is 17.7 Å². The molecular formula is C17H10O5. The molecule has 22 heavy (non-hydrogen) atoms. The van der Waals surface area contributed by atoms with E-state index in [0.29, 0.717) is 34.2 Å². The quantitative estimate of drug-likeness (QED) is 0.513. The number of rotatable bonds is 4. The maximum Gasteiger partial charge on any atom is 0.199 e. The van der Waals surface area contributed by atoms with Crippen LogP contribution in [0.5, 0.6) is 0 Å². The molecule has 0 aliphatic rings. The summed E-state index contributed by atoms with van der Waals surface area (Å²) in [7, 11) is 0. The highest BCUT2D eigenvalue weighted by Crippen LogP contribution is 2.26. The third-order valence-electron chi connectivity index (χ3n) is 3.25. The lowest BCUT2D eigenvalue weighted by molar-refractivity contribution is 0.103. The number of carbonyl (C=O) groups is 1. The Morgan fingerprint density at radius 1 is 0.682 bits per heavy atom. The van der Waals surface area contributed by atoms with Crippen LogP contribution in [0.1, 0.15) is 15.9 Å². The van der Waals surface area contributed by atoms with Gasteiger partial charge in [-0.25, -0.2) is 0 Å². The Kier molecular flexibility index (Phi) is 2.83. The minimum atomic E-state index is -0.192. The number of hydrogen-bond acceptors (Lipinski definition) is 5. The molecule has 108 valence electrons. The minimum absolute atomic E-state index is 0.192. The van der Waals surface area contributed by atoms with Gasteiger partial charge in [0.25, 0.3) is 0 Å². The van der Waals surface area contributed by atoms with Crippen LogP contribution in [0, 0.1) is 0 Å². The summed E-state index contributed by atoms with van der Waals surface area (Å²) in [6.07, 6.45) is 5.90. The Morgan fingerprint density at radius 2 is 1.18 bits per heavy atom. The van der Waals surface area contributed by atoms with Gasteiger partial charge in [-0.1, -0.05) is 0 Å². The van der Waals surface area contributed by atoms with Gasteiger partial charge in [-0.2, -0.15) is 0 Å². The van der Waals surface area contributed by atoms with Crippen LogP contribution in [0.2, 0.25) is 0 Å². The van der Waals surface area contributed by atoms with E-state index in [-0.39, 0.29) is 5.78 Å². The lowest BCUT2D eigenvalue weighted by Gasteiger charge is -1.90. The summed E-state index contributed by atoms with van der Waals surface area (Å²) in [6.45, 7) is 0. The molecule has 0 atom stereocenters. The zero-order valence-electron chi connectivity index (χ0n) is 11.3. The molecule has 5 nitrogen and oxygen atoms in total. The molecule has 0 bridgehead atoms. The van der Waals surface area contributed by atoms with Crippen molar-refractivity contribution in [2.45, 2.75) is 0 Å². The Hall–Kier alpha value is -3.21. The lowest BCUT2D eigenvalue weighted by Crippen LogP contribution is -1.96. The van der Waals surface area contributed by atoms with E-state index in [9.17, 15) is 4.79 Å². The molecular weight excluding hydrogens is 284 g/mol. The topological polar surface area (TPSA) is 69.6 Å². The fourth-order valence-electron chi connectivity index (χ4n) is 2.17. The first-order chi connectivity index (χ1) is 10.8. The van der Waals surface area contributed by atoms with Crippen molar-refractivity contribution in [3.8, 4) is 23.0 Å². The van der Waals surface area contributed by atoms with E-state index in [1.165, 1.54) is 12.5 Å². The van der Waals surface area contributed by atoms with Gasteiger partial charge in [-0.05, 0) is 36.4 Å². The average Bonchev–Trinajstić information content (AvgIpc) is 3.35. The third kappa shape index (κ3) is 2.09. The molecule has 0 radical (unpaired) electrons. The van der Waals surface area contributed by atoms with E-state index in [2.05, 4.69) is 0 Å². The lowest BCUT2D eigenvalue weighted by atomic mass is 10.1. The van der Waals surface area contributed by atoms with Crippen LogP contribution in [0.15, 0.2) is 79.1 Å². The molecule has 4 heterocycles. The van der Waals surface area contributed by atoms with Crippen LogP contribution in [0.4, 0.5) is 0 Å².